The van der Waals surface area contributed by atoms with Gasteiger partial charge in [-0.15, -0.1) is 0 Å². The van der Waals surface area contributed by atoms with Crippen LogP contribution in [0.3, 0.4) is 0 Å². The lowest BCUT2D eigenvalue weighted by atomic mass is 9.95. The molecule has 49 heteroatoms. The summed E-state index contributed by atoms with van der Waals surface area (Å²) in [6, 6.07) is 3.82. The van der Waals surface area contributed by atoms with Crippen LogP contribution in [0.2, 0.25) is 0 Å². The van der Waals surface area contributed by atoms with Gasteiger partial charge < -0.3 is 93.6 Å². The van der Waals surface area contributed by atoms with E-state index in [4.69, 9.17) is 77.7 Å². The second-order valence-corrected chi connectivity index (χ2v) is 43.8. The molecule has 0 fully saturated rings. The van der Waals surface area contributed by atoms with Crippen LogP contribution in [0.25, 0.3) is 0 Å². The Morgan fingerprint density at radius 3 is 0.825 bits per heavy atom. The quantitative estimate of drug-likeness (QED) is 0.00884. The molecule has 0 aromatic carbocycles. The Bertz CT molecular complexity index is 3560. The molecule has 0 bridgehead atoms. The van der Waals surface area contributed by atoms with Crippen molar-refractivity contribution in [3.05, 3.63) is 0 Å². The largest absolute Gasteiger partial charge is 0.466 e. The highest BCUT2D eigenvalue weighted by atomic mass is 31.2. The number of azo groups is 3. The first-order valence-corrected chi connectivity index (χ1v) is 53.3. The first-order chi connectivity index (χ1) is 58.0. The molecule has 0 aliphatic rings. The molecule has 2 atom stereocenters. The zero-order valence-corrected chi connectivity index (χ0v) is 80.3. The van der Waals surface area contributed by atoms with E-state index in [0.29, 0.717) is 77.0 Å². The van der Waals surface area contributed by atoms with Gasteiger partial charge in [0.1, 0.15) is 30.1 Å². The molecule has 0 aliphatic carbocycles. The molecule has 3 amide bonds. The third-order valence-electron chi connectivity index (χ3n) is 18.7. The molecule has 43 nitrogen and oxygen atoms in total. The number of nitrogens with one attached hydrogen (secondary N) is 3. The van der Waals surface area contributed by atoms with Crippen LogP contribution >= 0.6 is 45.6 Å². The van der Waals surface area contributed by atoms with Crippen molar-refractivity contribution >= 4 is 105 Å². The summed E-state index contributed by atoms with van der Waals surface area (Å²) in [7, 11) is -24.2. The van der Waals surface area contributed by atoms with Crippen molar-refractivity contribution < 1.29 is 153 Å². The van der Waals surface area contributed by atoms with Crippen LogP contribution in [0.5, 0.6) is 0 Å². The molecule has 15 N–H and O–H groups in total. The van der Waals surface area contributed by atoms with E-state index in [1.807, 2.05) is 12.1 Å². The van der Waals surface area contributed by atoms with E-state index >= 15 is 0 Å². The van der Waals surface area contributed by atoms with Crippen molar-refractivity contribution in [2.24, 2.45) is 30.7 Å². The zero-order chi connectivity index (χ0) is 97.0. The highest BCUT2D eigenvalue weighted by molar-refractivity contribution is 7.53. The molecule has 0 aromatic heterocycles. The van der Waals surface area contributed by atoms with Crippen LogP contribution < -0.4 is 16.0 Å². The van der Waals surface area contributed by atoms with Crippen LogP contribution in [0, 0.1) is 22.7 Å². The standard InChI is InChI=1S/C35H67N3O12P2.C25H47N3O12P2.C17H29N5O8P2/c1-34(2,30(39)22-21-26-49-31(40)23-17-13-9-5-7-11-15-19-28-51(43,44)45)37-38-35(3,4)33(42)36-25-27-50-32(41)24-18-14-10-6-8-12-16-20-29-52(46,47)48;1-24(2,20(29)12-11-16-39-21(30)13-7-5-9-18-41(33,34)35)27-28-25(3,4)23(32)26-15-17-40-22(31)14-8-6-10-19-42(36,37)38;1-16(12-18,7-5-14(23)4-3-10-31(25,26)27)21-22-17(2,13-19)8-6-15(24)20-9-11-32(28,29)30/h5-29H2,1-4H3,(H,36,42)(H2,43,44,45)(H2,46,47,48);5-19H2,1-4H3,(H,26,32)(H2,33,34,35)(H2,36,37,38);3-11H2,1-2H3,(H,20,24)(H2,25,26,27)(H2,28,29,30). The van der Waals surface area contributed by atoms with Crippen molar-refractivity contribution in [3.63, 3.8) is 0 Å². The summed E-state index contributed by atoms with van der Waals surface area (Å²) in [4.78, 5) is 228. The number of hydrogen-bond donors (Lipinski definition) is 15. The number of nitrogens with zero attached hydrogens (tertiary/aromatic N) is 8. The third-order valence-corrected chi connectivity index (χ3v) is 24.0. The number of unbranched alkanes of at least 4 members (excludes halogenated alkanes) is 18. The second kappa shape index (κ2) is 64.7. The minimum Gasteiger partial charge on any atom is -0.466 e. The predicted octanol–water partition coefficient (Wildman–Crippen LogP) is 11.3. The van der Waals surface area contributed by atoms with Gasteiger partial charge in [0, 0.05) is 89.0 Å². The summed E-state index contributed by atoms with van der Waals surface area (Å²) < 4.78 is 85.4. The Morgan fingerprint density at radius 1 is 0.278 bits per heavy atom. The molecule has 0 heterocycles. The summed E-state index contributed by atoms with van der Waals surface area (Å²) in [5.41, 5.74) is -7.81. The van der Waals surface area contributed by atoms with Crippen molar-refractivity contribution in [2.45, 2.75) is 334 Å². The average molecular weight is 1920 g/mol. The number of Topliss-reactive ketones (excluding diaryl/α,β-unsaturated/α-hetero) is 3. The summed E-state index contributed by atoms with van der Waals surface area (Å²) >= 11 is 0. The third kappa shape index (κ3) is 76.8. The van der Waals surface area contributed by atoms with Crippen LogP contribution in [0.1, 0.15) is 300 Å². The molecule has 0 aromatic rings. The van der Waals surface area contributed by atoms with Crippen LogP contribution in [-0.2, 0) is 94.3 Å². The summed E-state index contributed by atoms with van der Waals surface area (Å²) in [5.74, 6) is -3.76. The van der Waals surface area contributed by atoms with Crippen molar-refractivity contribution in [3.8, 4) is 12.1 Å². The highest BCUT2D eigenvalue weighted by Gasteiger charge is 2.35. The van der Waals surface area contributed by atoms with Gasteiger partial charge >= 0.3 is 69.5 Å². The van der Waals surface area contributed by atoms with Crippen molar-refractivity contribution in [1.29, 1.82) is 10.5 Å². The number of ketones is 3. The topological polar surface area (TPSA) is 711 Å². The molecule has 0 spiro atoms. The minimum absolute atomic E-state index is 0.00782. The Hall–Kier alpha value is -6.02. The van der Waals surface area contributed by atoms with E-state index in [9.17, 15) is 85.9 Å². The maximum Gasteiger partial charge on any atom is 0.327 e. The fourth-order valence-electron chi connectivity index (χ4n) is 10.6. The van der Waals surface area contributed by atoms with E-state index in [-0.39, 0.29) is 171 Å². The van der Waals surface area contributed by atoms with Gasteiger partial charge in [-0.05, 0) is 153 Å². The molecule has 2 unspecified atom stereocenters. The number of carbonyl (C=O) groups excluding carboxylic acids is 10. The van der Waals surface area contributed by atoms with Gasteiger partial charge in [0.05, 0.1) is 50.8 Å². The number of carbonyl (C=O) groups is 10. The van der Waals surface area contributed by atoms with Gasteiger partial charge in [-0.1, -0.05) is 89.9 Å². The van der Waals surface area contributed by atoms with Gasteiger partial charge in [0.25, 0.3) is 0 Å². The van der Waals surface area contributed by atoms with Gasteiger partial charge in [0.15, 0.2) is 33.7 Å². The van der Waals surface area contributed by atoms with Gasteiger partial charge in [-0.3, -0.25) is 75.3 Å². The van der Waals surface area contributed by atoms with E-state index in [1.165, 1.54) is 27.7 Å². The first-order valence-electron chi connectivity index (χ1n) is 42.5. The highest BCUT2D eigenvalue weighted by Crippen LogP contribution is 2.39. The number of ether oxygens (including phenoxy) is 4. The number of nitriles is 2. The fourth-order valence-corrected chi connectivity index (χ4v) is 14.1. The maximum absolute atomic E-state index is 12.8. The number of rotatable bonds is 71. The lowest BCUT2D eigenvalue weighted by molar-refractivity contribution is -0.145. The Labute approximate surface area is 740 Å². The molecule has 0 saturated carbocycles. The summed E-state index contributed by atoms with van der Waals surface area (Å²) in [6.07, 6.45) is 16.1. The van der Waals surface area contributed by atoms with Crippen molar-refractivity contribution in [1.82, 2.24) is 16.0 Å². The maximum atomic E-state index is 12.8. The van der Waals surface area contributed by atoms with E-state index < -0.39 is 121 Å². The Balaban J connectivity index is -0.00000185. The normalized spacial score (nSPS) is 13.5. The zero-order valence-electron chi connectivity index (χ0n) is 74.9. The summed E-state index contributed by atoms with van der Waals surface area (Å²) in [5, 5.41) is 50.6. The molecular weight excluding hydrogens is 1780 g/mol. The SMILES string of the molecule is CC(C#N)(CCC(=O)CCCP(=O)(O)O)N=NC(C)(C#N)CCC(=O)NCCP(=O)(O)O.CC(C)(N=NC(C)(C)C(=O)NCCOC(=O)CCCCCCCCCCP(=O)(O)O)C(=O)CCCOC(=O)CCCCCCCCCCP(=O)(O)O.CC(C)(N=NC(C)(C)C(=O)NCCOC(=O)CCCCCP(=O)(O)O)C(=O)CCCOC(=O)CCCCCP(=O)(O)O. The average Bonchev–Trinajstić information content (AvgIpc) is 0.857. The number of hydrogen-bond acceptors (Lipinski definition) is 28. The van der Waals surface area contributed by atoms with Crippen LogP contribution in [0.15, 0.2) is 30.7 Å². The monoisotopic (exact) mass is 1920 g/mol. The van der Waals surface area contributed by atoms with Crippen LogP contribution in [0.4, 0.5) is 0 Å². The molecule has 0 rings (SSSR count). The van der Waals surface area contributed by atoms with E-state index in [2.05, 4.69) is 46.6 Å². The van der Waals surface area contributed by atoms with Gasteiger partial charge in [0.2, 0.25) is 17.7 Å². The molecule has 728 valence electrons. The molecule has 126 heavy (non-hydrogen) atoms. The molecule has 0 radical (unpaired) electrons. The lowest BCUT2D eigenvalue weighted by Crippen LogP contribution is -2.42. The van der Waals surface area contributed by atoms with Gasteiger partial charge in [-0.2, -0.15) is 41.2 Å². The predicted molar refractivity (Wildman–Crippen MR) is 464 cm³/mol. The van der Waals surface area contributed by atoms with E-state index in [0.717, 1.165) is 83.5 Å². The van der Waals surface area contributed by atoms with Crippen LogP contribution in [-0.4, -0.2) is 234 Å². The minimum atomic E-state index is -4.23. The lowest BCUT2D eigenvalue weighted by Gasteiger charge is -2.22. The molecule has 0 aliphatic heterocycles. The number of esters is 4. The molecule has 0 saturated heterocycles. The van der Waals surface area contributed by atoms with E-state index in [1.54, 1.807) is 41.5 Å². The van der Waals surface area contributed by atoms with Gasteiger partial charge in [-0.25, -0.2) is 0 Å². The second-order valence-electron chi connectivity index (χ2n) is 33.2. The Kier molecular flexibility index (Phi) is 63.7. The fraction of sp³-hybridized carbons (Fsp3) is 0.844. The Morgan fingerprint density at radius 2 is 0.532 bits per heavy atom. The van der Waals surface area contributed by atoms with Crippen molar-refractivity contribution in [2.75, 3.05) is 83.0 Å². The smallest absolute Gasteiger partial charge is 0.327 e. The molecular formula is C77H143N11O32P6. The first kappa shape index (κ1) is 124. The number of amides is 3. The summed E-state index contributed by atoms with van der Waals surface area (Å²) in [6.45, 7) is 15.4.